The minimum absolute atomic E-state index is 0.119. The molecular formula is C18H14ClN3O4. The fourth-order valence-corrected chi connectivity index (χ4v) is 2.50. The van der Waals surface area contributed by atoms with Gasteiger partial charge in [0.25, 0.3) is 5.91 Å². The molecule has 3 aromatic rings. The van der Waals surface area contributed by atoms with Crippen LogP contribution >= 0.6 is 11.6 Å². The fraction of sp³-hybridized carbons (Fsp3) is 0.0556. The number of carbonyl (C=O) groups excluding carboxylic acids is 1. The molecule has 0 saturated carbocycles. The Kier molecular flexibility index (Phi) is 4.90. The van der Waals surface area contributed by atoms with Gasteiger partial charge in [0.1, 0.15) is 11.4 Å². The van der Waals surface area contributed by atoms with Gasteiger partial charge in [0, 0.05) is 10.6 Å². The SMILES string of the molecule is O=C(N[C@@H](C(=O)O)c1ccc(Cl)cc1)c1cc(-c2ccc(O)cc2)n[nH]1. The van der Waals surface area contributed by atoms with Crippen LogP contribution in [0.3, 0.4) is 0 Å². The lowest BCUT2D eigenvalue weighted by Gasteiger charge is -2.14. The number of hydrogen-bond acceptors (Lipinski definition) is 4. The minimum atomic E-state index is -1.22. The fourth-order valence-electron chi connectivity index (χ4n) is 2.37. The molecule has 8 heteroatoms. The second kappa shape index (κ2) is 7.28. The van der Waals surface area contributed by atoms with Crippen molar-refractivity contribution in [3.8, 4) is 17.0 Å². The summed E-state index contributed by atoms with van der Waals surface area (Å²) in [5, 5.41) is 28.3. The summed E-state index contributed by atoms with van der Waals surface area (Å²) in [7, 11) is 0. The van der Waals surface area contributed by atoms with Gasteiger partial charge in [-0.3, -0.25) is 9.89 Å². The summed E-state index contributed by atoms with van der Waals surface area (Å²) < 4.78 is 0. The monoisotopic (exact) mass is 371 g/mol. The molecule has 2 aromatic carbocycles. The summed E-state index contributed by atoms with van der Waals surface area (Å²) in [4.78, 5) is 23.9. The predicted molar refractivity (Wildman–Crippen MR) is 95.0 cm³/mol. The molecule has 1 heterocycles. The summed E-state index contributed by atoms with van der Waals surface area (Å²) in [6, 6.07) is 12.8. The lowest BCUT2D eigenvalue weighted by molar-refractivity contribution is -0.139. The van der Waals surface area contributed by atoms with Gasteiger partial charge in [-0.2, -0.15) is 5.10 Å². The lowest BCUT2D eigenvalue weighted by atomic mass is 10.1. The van der Waals surface area contributed by atoms with Crippen LogP contribution in [-0.4, -0.2) is 32.3 Å². The van der Waals surface area contributed by atoms with E-state index >= 15 is 0 Å². The number of phenols is 1. The number of carbonyl (C=O) groups is 2. The van der Waals surface area contributed by atoms with Crippen molar-refractivity contribution in [2.75, 3.05) is 0 Å². The first-order valence-electron chi connectivity index (χ1n) is 7.58. The molecule has 3 rings (SSSR count). The quantitative estimate of drug-likeness (QED) is 0.550. The van der Waals surface area contributed by atoms with Gasteiger partial charge in [0.05, 0.1) is 5.69 Å². The first kappa shape index (κ1) is 17.5. The van der Waals surface area contributed by atoms with Crippen molar-refractivity contribution in [3.05, 3.63) is 70.9 Å². The zero-order valence-electron chi connectivity index (χ0n) is 13.3. The van der Waals surface area contributed by atoms with Gasteiger partial charge >= 0.3 is 5.97 Å². The molecule has 0 radical (unpaired) electrons. The van der Waals surface area contributed by atoms with E-state index in [1.54, 1.807) is 24.3 Å². The molecule has 132 valence electrons. The standard InChI is InChI=1S/C18H14ClN3O4/c19-12-5-1-11(2-6-12)16(18(25)26)20-17(24)15-9-14(21-22-15)10-3-7-13(23)8-4-10/h1-9,16,23H,(H,20,24)(H,21,22)(H,25,26)/t16-/m1/s1. The molecule has 0 aliphatic carbocycles. The molecular weight excluding hydrogens is 358 g/mol. The normalized spacial score (nSPS) is 11.7. The number of aromatic hydroxyl groups is 1. The molecule has 0 unspecified atom stereocenters. The summed E-state index contributed by atoms with van der Waals surface area (Å²) in [5.74, 6) is -1.68. The van der Waals surface area contributed by atoms with Crippen LogP contribution in [0.25, 0.3) is 11.3 Å². The highest BCUT2D eigenvalue weighted by molar-refractivity contribution is 6.30. The Morgan fingerprint density at radius 3 is 2.35 bits per heavy atom. The number of aliphatic carboxylic acids is 1. The molecule has 1 aromatic heterocycles. The average molecular weight is 372 g/mol. The third-order valence-electron chi connectivity index (χ3n) is 3.71. The molecule has 4 N–H and O–H groups in total. The van der Waals surface area contributed by atoms with Crippen LogP contribution in [0.15, 0.2) is 54.6 Å². The third kappa shape index (κ3) is 3.84. The number of hydrogen-bond donors (Lipinski definition) is 4. The van der Waals surface area contributed by atoms with Crippen LogP contribution < -0.4 is 5.32 Å². The number of amides is 1. The van der Waals surface area contributed by atoms with Crippen LogP contribution in [0.2, 0.25) is 5.02 Å². The van der Waals surface area contributed by atoms with Crippen LogP contribution in [0.4, 0.5) is 0 Å². The van der Waals surface area contributed by atoms with E-state index in [-0.39, 0.29) is 11.4 Å². The maximum Gasteiger partial charge on any atom is 0.330 e. The number of nitrogens with one attached hydrogen (secondary N) is 2. The van der Waals surface area contributed by atoms with Gasteiger partial charge in [-0.25, -0.2) is 4.79 Å². The lowest BCUT2D eigenvalue weighted by Crippen LogP contribution is -2.33. The van der Waals surface area contributed by atoms with Gasteiger partial charge in [0.15, 0.2) is 6.04 Å². The van der Waals surface area contributed by atoms with E-state index in [2.05, 4.69) is 15.5 Å². The average Bonchev–Trinajstić information content (AvgIpc) is 3.11. The zero-order chi connectivity index (χ0) is 18.7. The Bertz CT molecular complexity index is 936. The Balaban J connectivity index is 1.79. The Labute approximate surface area is 153 Å². The highest BCUT2D eigenvalue weighted by Gasteiger charge is 2.23. The van der Waals surface area contributed by atoms with E-state index in [1.165, 1.54) is 30.3 Å². The number of H-pyrrole nitrogens is 1. The molecule has 0 bridgehead atoms. The molecule has 26 heavy (non-hydrogen) atoms. The molecule has 0 aliphatic heterocycles. The van der Waals surface area contributed by atoms with E-state index in [9.17, 15) is 19.8 Å². The molecule has 0 fully saturated rings. The van der Waals surface area contributed by atoms with Gasteiger partial charge < -0.3 is 15.5 Å². The van der Waals surface area contributed by atoms with Crippen molar-refractivity contribution in [1.82, 2.24) is 15.5 Å². The number of carboxylic acids is 1. The number of rotatable bonds is 5. The van der Waals surface area contributed by atoms with E-state index < -0.39 is 17.9 Å². The minimum Gasteiger partial charge on any atom is -0.508 e. The molecule has 7 nitrogen and oxygen atoms in total. The van der Waals surface area contributed by atoms with Gasteiger partial charge in [-0.1, -0.05) is 23.7 Å². The van der Waals surface area contributed by atoms with Crippen molar-refractivity contribution in [2.24, 2.45) is 0 Å². The maximum atomic E-state index is 12.4. The van der Waals surface area contributed by atoms with Gasteiger partial charge in [0.2, 0.25) is 0 Å². The second-order valence-corrected chi connectivity index (χ2v) is 5.95. The van der Waals surface area contributed by atoms with Crippen LogP contribution in [0.5, 0.6) is 5.75 Å². The number of nitrogens with zero attached hydrogens (tertiary/aromatic N) is 1. The summed E-state index contributed by atoms with van der Waals surface area (Å²) >= 11 is 5.80. The maximum absolute atomic E-state index is 12.4. The molecule has 1 amide bonds. The van der Waals surface area contributed by atoms with Crippen molar-refractivity contribution in [2.45, 2.75) is 6.04 Å². The second-order valence-electron chi connectivity index (χ2n) is 5.51. The first-order chi connectivity index (χ1) is 12.4. The van der Waals surface area contributed by atoms with Gasteiger partial charge in [-0.05, 0) is 48.0 Å². The highest BCUT2D eigenvalue weighted by atomic mass is 35.5. The van der Waals surface area contributed by atoms with E-state index in [0.717, 1.165) is 0 Å². The predicted octanol–water partition coefficient (Wildman–Crippen LogP) is 2.99. The smallest absolute Gasteiger partial charge is 0.330 e. The van der Waals surface area contributed by atoms with Crippen molar-refractivity contribution in [1.29, 1.82) is 0 Å². The topological polar surface area (TPSA) is 115 Å². The van der Waals surface area contributed by atoms with Crippen LogP contribution in [0, 0.1) is 0 Å². The molecule has 1 atom stereocenters. The van der Waals surface area contributed by atoms with Gasteiger partial charge in [-0.15, -0.1) is 0 Å². The van der Waals surface area contributed by atoms with Crippen LogP contribution in [-0.2, 0) is 4.79 Å². The highest BCUT2D eigenvalue weighted by Crippen LogP contribution is 2.21. The van der Waals surface area contributed by atoms with E-state index in [0.29, 0.717) is 21.8 Å². The molecule has 0 saturated heterocycles. The first-order valence-corrected chi connectivity index (χ1v) is 7.96. The molecule has 0 spiro atoms. The summed E-state index contributed by atoms with van der Waals surface area (Å²) in [5.41, 5.74) is 1.71. The van der Waals surface area contributed by atoms with Crippen molar-refractivity contribution < 1.29 is 19.8 Å². The van der Waals surface area contributed by atoms with E-state index in [1.807, 2.05) is 0 Å². The zero-order valence-corrected chi connectivity index (χ0v) is 14.1. The Morgan fingerprint density at radius 2 is 1.73 bits per heavy atom. The van der Waals surface area contributed by atoms with Crippen molar-refractivity contribution in [3.63, 3.8) is 0 Å². The number of halogens is 1. The largest absolute Gasteiger partial charge is 0.508 e. The van der Waals surface area contributed by atoms with Crippen molar-refractivity contribution >= 4 is 23.5 Å². The number of phenolic OH excluding ortho intramolecular Hbond substituents is 1. The van der Waals surface area contributed by atoms with Crippen LogP contribution in [0.1, 0.15) is 22.1 Å². The number of benzene rings is 2. The van der Waals surface area contributed by atoms with E-state index in [4.69, 9.17) is 11.6 Å². The number of aromatic nitrogens is 2. The number of carboxylic acid groups (broad SMARTS) is 1. The summed E-state index contributed by atoms with van der Waals surface area (Å²) in [6.45, 7) is 0. The Morgan fingerprint density at radius 1 is 1.08 bits per heavy atom. The third-order valence-corrected chi connectivity index (χ3v) is 3.96. The molecule has 0 aliphatic rings. The Hall–Kier alpha value is -3.32. The number of aromatic amines is 1. The summed E-state index contributed by atoms with van der Waals surface area (Å²) in [6.07, 6.45) is 0.